The predicted molar refractivity (Wildman–Crippen MR) is 142 cm³/mol. The number of hydrogen-bond acceptors (Lipinski definition) is 8. The van der Waals surface area contributed by atoms with Crippen molar-refractivity contribution in [2.75, 3.05) is 48.5 Å². The molecule has 1 unspecified atom stereocenters. The molecule has 2 aliphatic heterocycles. The van der Waals surface area contributed by atoms with Crippen LogP contribution in [-0.2, 0) is 0 Å². The fourth-order valence-corrected chi connectivity index (χ4v) is 5.39. The van der Waals surface area contributed by atoms with Crippen LogP contribution in [0.15, 0.2) is 71.1 Å². The van der Waals surface area contributed by atoms with Gasteiger partial charge in [-0.1, -0.05) is 30.3 Å². The molecule has 4 aromatic rings. The van der Waals surface area contributed by atoms with Crippen LogP contribution < -0.4 is 15.2 Å². The third kappa shape index (κ3) is 4.10. The first-order valence-electron chi connectivity index (χ1n) is 11.7. The molecule has 2 aliphatic rings. The Balaban J connectivity index is 1.27. The molecule has 2 aromatic heterocycles. The lowest BCUT2D eigenvalue weighted by Gasteiger charge is -2.34. The number of hydrazone groups is 1. The van der Waals surface area contributed by atoms with E-state index in [1.807, 2.05) is 23.4 Å². The summed E-state index contributed by atoms with van der Waals surface area (Å²) in [6, 6.07) is 21.2. The summed E-state index contributed by atoms with van der Waals surface area (Å²) in [6.45, 7) is 4.31. The molecule has 0 bridgehead atoms. The quantitative estimate of drug-likeness (QED) is 0.438. The molecule has 6 rings (SSSR count). The normalized spacial score (nSPS) is 18.7. The molecule has 7 nitrogen and oxygen atoms in total. The van der Waals surface area contributed by atoms with Crippen molar-refractivity contribution in [3.05, 3.63) is 71.6 Å². The third-order valence-electron chi connectivity index (χ3n) is 6.51. The van der Waals surface area contributed by atoms with Crippen LogP contribution in [0, 0.1) is 0 Å². The van der Waals surface area contributed by atoms with Crippen LogP contribution in [-0.4, -0.2) is 54.3 Å². The molecule has 0 spiro atoms. The maximum absolute atomic E-state index is 4.93. The highest BCUT2D eigenvalue weighted by atomic mass is 32.1. The zero-order valence-electron chi connectivity index (χ0n) is 19.1. The second-order valence-corrected chi connectivity index (χ2v) is 9.69. The number of likely N-dealkylation sites (N-methyl/N-ethyl adjacent to an activating group) is 1. The molecule has 34 heavy (non-hydrogen) atoms. The number of hydrogen-bond donors (Lipinski definition) is 1. The SMILES string of the molecule is CN1CCN(c2ccc(Nc3nc(N4N=CCC4c4ccccc4)c4sccc4n3)cc2)CC1. The van der Waals surface area contributed by atoms with Gasteiger partial charge in [0, 0.05) is 50.2 Å². The third-order valence-corrected chi connectivity index (χ3v) is 7.41. The first kappa shape index (κ1) is 21.1. The highest BCUT2D eigenvalue weighted by Gasteiger charge is 2.27. The van der Waals surface area contributed by atoms with E-state index in [4.69, 9.17) is 15.1 Å². The van der Waals surface area contributed by atoms with Crippen LogP contribution in [0.2, 0.25) is 0 Å². The number of benzene rings is 2. The Labute approximate surface area is 203 Å². The molecule has 1 atom stereocenters. The molecule has 1 N–H and O–H groups in total. The molecule has 1 fully saturated rings. The predicted octanol–water partition coefficient (Wildman–Crippen LogP) is 5.12. The van der Waals surface area contributed by atoms with E-state index in [2.05, 4.69) is 76.1 Å². The van der Waals surface area contributed by atoms with Gasteiger partial charge >= 0.3 is 0 Å². The van der Waals surface area contributed by atoms with Crippen LogP contribution >= 0.6 is 11.3 Å². The van der Waals surface area contributed by atoms with Crippen LogP contribution in [0.5, 0.6) is 0 Å². The van der Waals surface area contributed by atoms with Crippen LogP contribution in [0.1, 0.15) is 18.0 Å². The van der Waals surface area contributed by atoms with E-state index in [0.717, 1.165) is 54.3 Å². The highest BCUT2D eigenvalue weighted by Crippen LogP contribution is 2.38. The number of piperazine rings is 1. The van der Waals surface area contributed by atoms with Crippen molar-refractivity contribution in [3.8, 4) is 0 Å². The van der Waals surface area contributed by atoms with Crippen molar-refractivity contribution in [1.82, 2.24) is 14.9 Å². The lowest BCUT2D eigenvalue weighted by Crippen LogP contribution is -2.44. The Bertz CT molecular complexity index is 1290. The molecule has 1 saturated heterocycles. The second kappa shape index (κ2) is 9.04. The van der Waals surface area contributed by atoms with E-state index in [1.165, 1.54) is 11.3 Å². The van der Waals surface area contributed by atoms with Gasteiger partial charge in [0.1, 0.15) is 0 Å². The molecule has 0 amide bonds. The topological polar surface area (TPSA) is 59.9 Å². The number of anilines is 4. The lowest BCUT2D eigenvalue weighted by atomic mass is 10.0. The van der Waals surface area contributed by atoms with Gasteiger partial charge in [0.2, 0.25) is 5.95 Å². The number of aromatic nitrogens is 2. The Morgan fingerprint density at radius 3 is 2.50 bits per heavy atom. The van der Waals surface area contributed by atoms with E-state index in [0.29, 0.717) is 5.95 Å². The van der Waals surface area contributed by atoms with Crippen molar-refractivity contribution in [2.24, 2.45) is 5.10 Å². The Hall–Kier alpha value is -3.49. The average molecular weight is 470 g/mol. The van der Waals surface area contributed by atoms with Gasteiger partial charge in [-0.05, 0) is 48.3 Å². The molecule has 4 heterocycles. The van der Waals surface area contributed by atoms with Crippen molar-refractivity contribution in [3.63, 3.8) is 0 Å². The molecule has 2 aromatic carbocycles. The molecule has 172 valence electrons. The van der Waals surface area contributed by atoms with Crippen molar-refractivity contribution in [2.45, 2.75) is 12.5 Å². The monoisotopic (exact) mass is 469 g/mol. The molecular weight excluding hydrogens is 442 g/mol. The zero-order chi connectivity index (χ0) is 22.9. The first-order chi connectivity index (χ1) is 16.7. The van der Waals surface area contributed by atoms with Crippen molar-refractivity contribution in [1.29, 1.82) is 0 Å². The van der Waals surface area contributed by atoms with Crippen LogP contribution in [0.3, 0.4) is 0 Å². The number of nitrogens with zero attached hydrogens (tertiary/aromatic N) is 6. The first-order valence-corrected chi connectivity index (χ1v) is 12.5. The Kier molecular flexibility index (Phi) is 5.60. The van der Waals surface area contributed by atoms with Gasteiger partial charge in [0.25, 0.3) is 0 Å². The zero-order valence-corrected chi connectivity index (χ0v) is 19.9. The second-order valence-electron chi connectivity index (χ2n) is 8.77. The largest absolute Gasteiger partial charge is 0.369 e. The minimum absolute atomic E-state index is 0.136. The maximum Gasteiger partial charge on any atom is 0.229 e. The highest BCUT2D eigenvalue weighted by molar-refractivity contribution is 7.17. The maximum atomic E-state index is 4.93. The number of fused-ring (bicyclic) bond motifs is 1. The van der Waals surface area contributed by atoms with Gasteiger partial charge < -0.3 is 15.1 Å². The Morgan fingerprint density at radius 1 is 0.912 bits per heavy atom. The summed E-state index contributed by atoms with van der Waals surface area (Å²) in [5.41, 5.74) is 4.39. The molecule has 0 saturated carbocycles. The Morgan fingerprint density at radius 2 is 1.71 bits per heavy atom. The minimum atomic E-state index is 0.136. The number of nitrogens with one attached hydrogen (secondary N) is 1. The van der Waals surface area contributed by atoms with E-state index >= 15 is 0 Å². The number of rotatable bonds is 5. The molecular formula is C26H27N7S. The minimum Gasteiger partial charge on any atom is -0.369 e. The molecule has 0 radical (unpaired) electrons. The van der Waals surface area contributed by atoms with Gasteiger partial charge in [-0.15, -0.1) is 11.3 Å². The smallest absolute Gasteiger partial charge is 0.229 e. The van der Waals surface area contributed by atoms with E-state index < -0.39 is 0 Å². The summed E-state index contributed by atoms with van der Waals surface area (Å²) in [7, 11) is 2.18. The summed E-state index contributed by atoms with van der Waals surface area (Å²) < 4.78 is 1.05. The standard InChI is InChI=1S/C26H27N7S/c1-31-14-16-32(17-15-31)21-9-7-20(8-10-21)28-26-29-22-12-18-34-24(22)25(30-26)33-23(11-13-27-33)19-5-3-2-4-6-19/h2-10,12-13,18,23H,11,14-17H2,1H3,(H,28,29,30). The van der Waals surface area contributed by atoms with E-state index in [1.54, 1.807) is 11.3 Å². The fraction of sp³-hybridized carbons (Fsp3) is 0.269. The van der Waals surface area contributed by atoms with E-state index in [9.17, 15) is 0 Å². The van der Waals surface area contributed by atoms with Gasteiger partial charge in [-0.2, -0.15) is 10.1 Å². The van der Waals surface area contributed by atoms with Crippen LogP contribution in [0.25, 0.3) is 10.2 Å². The van der Waals surface area contributed by atoms with Gasteiger partial charge in [0.05, 0.1) is 16.3 Å². The van der Waals surface area contributed by atoms with Gasteiger partial charge in [-0.3, -0.25) is 0 Å². The summed E-state index contributed by atoms with van der Waals surface area (Å²) in [6.07, 6.45) is 2.83. The summed E-state index contributed by atoms with van der Waals surface area (Å²) in [5.74, 6) is 1.43. The average Bonchev–Trinajstić information content (AvgIpc) is 3.55. The fourth-order valence-electron chi connectivity index (χ4n) is 4.58. The van der Waals surface area contributed by atoms with E-state index in [-0.39, 0.29) is 6.04 Å². The van der Waals surface area contributed by atoms with Crippen molar-refractivity contribution < 1.29 is 0 Å². The molecule has 0 aliphatic carbocycles. The molecule has 8 heteroatoms. The summed E-state index contributed by atoms with van der Waals surface area (Å²) in [5, 5.41) is 12.2. The van der Waals surface area contributed by atoms with Gasteiger partial charge in [0.15, 0.2) is 5.82 Å². The van der Waals surface area contributed by atoms with Crippen LogP contribution in [0.4, 0.5) is 23.1 Å². The lowest BCUT2D eigenvalue weighted by molar-refractivity contribution is 0.313. The van der Waals surface area contributed by atoms with Crippen molar-refractivity contribution >= 4 is 50.9 Å². The summed E-state index contributed by atoms with van der Waals surface area (Å²) in [4.78, 5) is 14.5. The summed E-state index contributed by atoms with van der Waals surface area (Å²) >= 11 is 1.65. The van der Waals surface area contributed by atoms with Gasteiger partial charge in [-0.25, -0.2) is 9.99 Å². The number of thiophene rings is 1.